The molecule has 122 valence electrons. The van der Waals surface area contributed by atoms with Gasteiger partial charge in [-0.3, -0.25) is 9.69 Å². The van der Waals surface area contributed by atoms with E-state index < -0.39 is 11.7 Å². The van der Waals surface area contributed by atoms with Crippen LogP contribution in [0.25, 0.3) is 0 Å². The number of hydrogen-bond donors (Lipinski definition) is 1. The molecule has 2 heterocycles. The topological polar surface area (TPSA) is 45.5 Å². The average Bonchev–Trinajstić information content (AvgIpc) is 3.21. The zero-order valence-corrected chi connectivity index (χ0v) is 14.2. The maximum atomic E-state index is 13.9. The molecular formula is C17H18BrFN2O2. The van der Waals surface area contributed by atoms with E-state index in [4.69, 9.17) is 4.42 Å². The van der Waals surface area contributed by atoms with Gasteiger partial charge in [0.25, 0.3) is 5.91 Å². The third-order valence-corrected chi connectivity index (χ3v) is 4.58. The van der Waals surface area contributed by atoms with Gasteiger partial charge in [0, 0.05) is 11.0 Å². The second-order valence-electron chi connectivity index (χ2n) is 5.61. The molecule has 0 saturated carbocycles. The largest absolute Gasteiger partial charge is 0.468 e. The van der Waals surface area contributed by atoms with Crippen LogP contribution in [0.4, 0.5) is 4.39 Å². The van der Waals surface area contributed by atoms with Crippen LogP contribution in [0.2, 0.25) is 0 Å². The number of benzene rings is 1. The molecule has 1 aromatic heterocycles. The van der Waals surface area contributed by atoms with Gasteiger partial charge in [-0.15, -0.1) is 0 Å². The Bertz CT molecular complexity index is 669. The van der Waals surface area contributed by atoms with E-state index in [2.05, 4.69) is 26.1 Å². The first kappa shape index (κ1) is 16.2. The number of amides is 1. The molecule has 2 aromatic rings. The van der Waals surface area contributed by atoms with Crippen molar-refractivity contribution in [2.24, 2.45) is 0 Å². The molecule has 1 unspecified atom stereocenters. The van der Waals surface area contributed by atoms with Gasteiger partial charge in [0.1, 0.15) is 11.6 Å². The SMILES string of the molecule is O=C(NCC(c1ccco1)N1CCCC1)c1ccc(Br)cc1F. The highest BCUT2D eigenvalue weighted by Crippen LogP contribution is 2.25. The van der Waals surface area contributed by atoms with Gasteiger partial charge in [-0.25, -0.2) is 4.39 Å². The first-order valence-electron chi connectivity index (χ1n) is 7.66. The predicted octanol–water partition coefficient (Wildman–Crippen LogP) is 3.75. The minimum Gasteiger partial charge on any atom is -0.468 e. The van der Waals surface area contributed by atoms with Gasteiger partial charge >= 0.3 is 0 Å². The maximum absolute atomic E-state index is 13.9. The minimum atomic E-state index is -0.535. The van der Waals surface area contributed by atoms with Gasteiger partial charge in [0.15, 0.2) is 0 Å². The van der Waals surface area contributed by atoms with Crippen LogP contribution in [0.15, 0.2) is 45.5 Å². The fraction of sp³-hybridized carbons (Fsp3) is 0.353. The summed E-state index contributed by atoms with van der Waals surface area (Å²) in [6.07, 6.45) is 3.92. The highest BCUT2D eigenvalue weighted by atomic mass is 79.9. The van der Waals surface area contributed by atoms with E-state index in [0.717, 1.165) is 31.7 Å². The van der Waals surface area contributed by atoms with Crippen LogP contribution in [0.1, 0.15) is 35.0 Å². The minimum absolute atomic E-state index is 0.0186. The lowest BCUT2D eigenvalue weighted by molar-refractivity contribution is 0.0929. The molecule has 0 spiro atoms. The highest BCUT2D eigenvalue weighted by Gasteiger charge is 2.26. The molecule has 1 aromatic carbocycles. The van der Waals surface area contributed by atoms with Crippen LogP contribution >= 0.6 is 15.9 Å². The van der Waals surface area contributed by atoms with E-state index in [1.165, 1.54) is 12.1 Å². The van der Waals surface area contributed by atoms with E-state index in [1.807, 2.05) is 12.1 Å². The number of likely N-dealkylation sites (tertiary alicyclic amines) is 1. The summed E-state index contributed by atoms with van der Waals surface area (Å²) in [5.41, 5.74) is 0.0489. The van der Waals surface area contributed by atoms with Crippen LogP contribution in [-0.4, -0.2) is 30.4 Å². The molecule has 1 amide bonds. The molecule has 1 atom stereocenters. The molecule has 1 fully saturated rings. The molecule has 1 N–H and O–H groups in total. The molecule has 6 heteroatoms. The first-order chi connectivity index (χ1) is 11.1. The number of carbonyl (C=O) groups excluding carboxylic acids is 1. The van der Waals surface area contributed by atoms with E-state index in [9.17, 15) is 9.18 Å². The molecule has 23 heavy (non-hydrogen) atoms. The Hall–Kier alpha value is -1.66. The van der Waals surface area contributed by atoms with Crippen LogP contribution < -0.4 is 5.32 Å². The number of nitrogens with one attached hydrogen (secondary N) is 1. The van der Waals surface area contributed by atoms with Crippen LogP contribution in [0, 0.1) is 5.82 Å². The lowest BCUT2D eigenvalue weighted by Crippen LogP contribution is -2.36. The normalized spacial score (nSPS) is 16.4. The molecule has 1 aliphatic rings. The summed E-state index contributed by atoms with van der Waals surface area (Å²) in [5.74, 6) is -0.123. The number of rotatable bonds is 5. The fourth-order valence-electron chi connectivity index (χ4n) is 2.90. The summed E-state index contributed by atoms with van der Waals surface area (Å²) in [7, 11) is 0. The number of halogens is 2. The molecule has 4 nitrogen and oxygen atoms in total. The summed E-state index contributed by atoms with van der Waals surface area (Å²) in [4.78, 5) is 14.5. The van der Waals surface area contributed by atoms with E-state index in [0.29, 0.717) is 11.0 Å². The molecule has 1 saturated heterocycles. The van der Waals surface area contributed by atoms with Crippen molar-refractivity contribution in [1.82, 2.24) is 10.2 Å². The zero-order chi connectivity index (χ0) is 16.2. The van der Waals surface area contributed by atoms with E-state index >= 15 is 0 Å². The molecule has 0 aliphatic carbocycles. The van der Waals surface area contributed by atoms with E-state index in [1.54, 1.807) is 12.3 Å². The zero-order valence-electron chi connectivity index (χ0n) is 12.6. The van der Waals surface area contributed by atoms with Crippen molar-refractivity contribution in [1.29, 1.82) is 0 Å². The van der Waals surface area contributed by atoms with Gasteiger partial charge in [0.05, 0.1) is 17.9 Å². The fourth-order valence-corrected chi connectivity index (χ4v) is 3.24. The van der Waals surface area contributed by atoms with Crippen molar-refractivity contribution in [3.8, 4) is 0 Å². The Morgan fingerprint density at radius 2 is 2.13 bits per heavy atom. The van der Waals surface area contributed by atoms with Gasteiger partial charge in [-0.2, -0.15) is 0 Å². The summed E-state index contributed by atoms with van der Waals surface area (Å²) >= 11 is 3.19. The lowest BCUT2D eigenvalue weighted by atomic mass is 10.1. The Balaban J connectivity index is 1.69. The van der Waals surface area contributed by atoms with Crippen LogP contribution in [0.3, 0.4) is 0 Å². The first-order valence-corrected chi connectivity index (χ1v) is 8.45. The van der Waals surface area contributed by atoms with Gasteiger partial charge < -0.3 is 9.73 Å². The summed E-state index contributed by atoms with van der Waals surface area (Å²) in [5, 5.41) is 2.83. The predicted molar refractivity (Wildman–Crippen MR) is 88.7 cm³/mol. The quantitative estimate of drug-likeness (QED) is 0.858. The highest BCUT2D eigenvalue weighted by molar-refractivity contribution is 9.10. The smallest absolute Gasteiger partial charge is 0.254 e. The van der Waals surface area contributed by atoms with E-state index in [-0.39, 0.29) is 11.6 Å². The number of hydrogen-bond acceptors (Lipinski definition) is 3. The lowest BCUT2D eigenvalue weighted by Gasteiger charge is -2.26. The molecule has 1 aliphatic heterocycles. The van der Waals surface area contributed by atoms with Gasteiger partial charge in [-0.1, -0.05) is 15.9 Å². The summed E-state index contributed by atoms with van der Waals surface area (Å²) in [6.45, 7) is 2.35. The number of carbonyl (C=O) groups is 1. The van der Waals surface area contributed by atoms with Gasteiger partial charge in [0.2, 0.25) is 0 Å². The number of nitrogens with zero attached hydrogens (tertiary/aromatic N) is 1. The monoisotopic (exact) mass is 380 g/mol. The summed E-state index contributed by atoms with van der Waals surface area (Å²) in [6, 6.07) is 8.16. The van der Waals surface area contributed by atoms with Crippen LogP contribution in [-0.2, 0) is 0 Å². The van der Waals surface area contributed by atoms with Crippen molar-refractivity contribution >= 4 is 21.8 Å². The Labute approximate surface area is 142 Å². The van der Waals surface area contributed by atoms with Crippen molar-refractivity contribution in [3.05, 3.63) is 58.2 Å². The molecule has 0 bridgehead atoms. The van der Waals surface area contributed by atoms with Crippen LogP contribution in [0.5, 0.6) is 0 Å². The Kier molecular flexibility index (Phi) is 5.13. The van der Waals surface area contributed by atoms with Crippen molar-refractivity contribution in [2.45, 2.75) is 18.9 Å². The molecular weight excluding hydrogens is 363 g/mol. The van der Waals surface area contributed by atoms with Crippen molar-refractivity contribution in [3.63, 3.8) is 0 Å². The standard InChI is InChI=1S/C17H18BrFN2O2/c18-12-5-6-13(14(19)10-12)17(22)20-11-15(16-4-3-9-23-16)21-7-1-2-8-21/h3-6,9-10,15H,1-2,7-8,11H2,(H,20,22). The summed E-state index contributed by atoms with van der Waals surface area (Å²) < 4.78 is 20.0. The molecule has 3 rings (SSSR count). The number of furan rings is 1. The van der Waals surface area contributed by atoms with Crippen molar-refractivity contribution < 1.29 is 13.6 Å². The van der Waals surface area contributed by atoms with Gasteiger partial charge in [-0.05, 0) is 56.3 Å². The average molecular weight is 381 g/mol. The third kappa shape index (κ3) is 3.82. The Morgan fingerprint density at radius 3 is 2.78 bits per heavy atom. The molecule has 0 radical (unpaired) electrons. The second kappa shape index (κ2) is 7.27. The Morgan fingerprint density at radius 1 is 1.35 bits per heavy atom. The third-order valence-electron chi connectivity index (χ3n) is 4.08. The van der Waals surface area contributed by atoms with Crippen molar-refractivity contribution in [2.75, 3.05) is 19.6 Å². The second-order valence-corrected chi connectivity index (χ2v) is 6.52. The maximum Gasteiger partial charge on any atom is 0.254 e.